The molecule has 6 nitrogen and oxygen atoms in total. The molecule has 1 N–H and O–H groups in total. The number of nitrogens with zero attached hydrogens (tertiary/aromatic N) is 3. The maximum atomic E-state index is 11.7. The van der Waals surface area contributed by atoms with E-state index in [9.17, 15) is 4.79 Å². The molecule has 0 radical (unpaired) electrons. The predicted octanol–water partition coefficient (Wildman–Crippen LogP) is 4.58. The lowest BCUT2D eigenvalue weighted by Gasteiger charge is -2.18. The molecule has 1 aliphatic carbocycles. The van der Waals surface area contributed by atoms with Crippen molar-refractivity contribution in [1.82, 2.24) is 4.68 Å². The number of amides is 1. The fourth-order valence-corrected chi connectivity index (χ4v) is 4.36. The zero-order chi connectivity index (χ0) is 20.2. The zero-order valence-electron chi connectivity index (χ0n) is 16.7. The van der Waals surface area contributed by atoms with Gasteiger partial charge in [0.2, 0.25) is 4.80 Å². The van der Waals surface area contributed by atoms with Crippen LogP contribution in [0, 0.1) is 0 Å². The topological polar surface area (TPSA) is 68.0 Å². The summed E-state index contributed by atoms with van der Waals surface area (Å²) in [6.45, 7) is 6.58. The number of hydrogen-bond donors (Lipinski definition) is 1. The molecule has 0 atom stereocenters. The second-order valence-electron chi connectivity index (χ2n) is 7.62. The molecule has 1 amide bonds. The molecule has 0 spiro atoms. The number of fused-ring (bicyclic) bond motifs is 1. The molecule has 2 aliphatic rings. The number of aromatic nitrogens is 1. The fraction of sp³-hybridized carbons (Fsp3) is 0.409. The van der Waals surface area contributed by atoms with Gasteiger partial charge >= 0.3 is 0 Å². The number of anilines is 1. The van der Waals surface area contributed by atoms with Gasteiger partial charge in [-0.25, -0.2) is 4.68 Å². The molecule has 29 heavy (non-hydrogen) atoms. The number of hydrogen-bond acceptors (Lipinski definition) is 5. The van der Waals surface area contributed by atoms with E-state index in [1.165, 1.54) is 31.4 Å². The van der Waals surface area contributed by atoms with E-state index < -0.39 is 0 Å². The van der Waals surface area contributed by atoms with Gasteiger partial charge in [0.1, 0.15) is 5.75 Å². The average molecular weight is 411 g/mol. The van der Waals surface area contributed by atoms with Crippen molar-refractivity contribution in [3.63, 3.8) is 0 Å². The number of rotatable bonds is 4. The van der Waals surface area contributed by atoms with E-state index in [1.807, 2.05) is 29.8 Å². The Balaban J connectivity index is 1.78. The van der Waals surface area contributed by atoms with Crippen LogP contribution in [0.2, 0.25) is 0 Å². The second-order valence-corrected chi connectivity index (χ2v) is 8.45. The van der Waals surface area contributed by atoms with Gasteiger partial charge in [0.15, 0.2) is 6.61 Å². The largest absolute Gasteiger partial charge is 0.482 e. The molecule has 7 heteroatoms. The monoisotopic (exact) mass is 410 g/mol. The van der Waals surface area contributed by atoms with Crippen molar-refractivity contribution < 1.29 is 9.53 Å². The van der Waals surface area contributed by atoms with E-state index in [1.54, 1.807) is 11.3 Å². The first-order valence-electron chi connectivity index (χ1n) is 10.1. The van der Waals surface area contributed by atoms with Gasteiger partial charge in [-0.3, -0.25) is 9.79 Å². The minimum absolute atomic E-state index is 0.0579. The molecule has 0 saturated heterocycles. The normalized spacial score (nSPS) is 17.2. The second kappa shape index (κ2) is 8.78. The van der Waals surface area contributed by atoms with E-state index in [-0.39, 0.29) is 12.5 Å². The average Bonchev–Trinajstić information content (AvgIpc) is 2.91. The van der Waals surface area contributed by atoms with Crippen LogP contribution in [0.5, 0.6) is 5.75 Å². The molecule has 1 saturated carbocycles. The highest BCUT2D eigenvalue weighted by atomic mass is 32.1. The summed E-state index contributed by atoms with van der Waals surface area (Å²) in [4.78, 5) is 17.3. The SMILES string of the molecule is C=C(C)CN=c1scc(-c2ccc3c(c2)NC(=O)CO3)n1N=C1CCCCCC1. The van der Waals surface area contributed by atoms with Gasteiger partial charge in [0.25, 0.3) is 5.91 Å². The van der Waals surface area contributed by atoms with E-state index in [0.29, 0.717) is 18.0 Å². The highest BCUT2D eigenvalue weighted by molar-refractivity contribution is 7.07. The Hall–Kier alpha value is -2.67. The lowest BCUT2D eigenvalue weighted by molar-refractivity contribution is -0.118. The Morgan fingerprint density at radius 3 is 2.83 bits per heavy atom. The van der Waals surface area contributed by atoms with Crippen LogP contribution in [0.4, 0.5) is 5.69 Å². The molecule has 1 fully saturated rings. The van der Waals surface area contributed by atoms with Gasteiger partial charge in [-0.2, -0.15) is 5.10 Å². The Bertz CT molecular complexity index is 1020. The first-order valence-corrected chi connectivity index (χ1v) is 11.0. The Morgan fingerprint density at radius 1 is 1.28 bits per heavy atom. The van der Waals surface area contributed by atoms with Gasteiger partial charge < -0.3 is 10.1 Å². The van der Waals surface area contributed by atoms with E-state index in [0.717, 1.165) is 34.5 Å². The van der Waals surface area contributed by atoms with Gasteiger partial charge in [-0.15, -0.1) is 11.3 Å². The number of ether oxygens (including phenoxy) is 1. The standard InChI is InChI=1S/C22H26N4O2S/c1-15(2)12-23-22-26(25-17-7-5-3-4-6-8-17)19(14-29-22)16-9-10-20-18(11-16)24-21(27)13-28-20/h9-11,14H,1,3-8,12-13H2,2H3,(H,24,27). The number of carbonyl (C=O) groups is 1. The number of carbonyl (C=O) groups excluding carboxylic acids is 1. The zero-order valence-corrected chi connectivity index (χ0v) is 17.6. The van der Waals surface area contributed by atoms with Crippen molar-refractivity contribution in [2.45, 2.75) is 45.4 Å². The molecular formula is C22H26N4O2S. The van der Waals surface area contributed by atoms with Gasteiger partial charge in [0, 0.05) is 16.7 Å². The minimum Gasteiger partial charge on any atom is -0.482 e. The fourth-order valence-electron chi connectivity index (χ4n) is 3.53. The maximum Gasteiger partial charge on any atom is 0.262 e. The predicted molar refractivity (Wildman–Crippen MR) is 118 cm³/mol. The van der Waals surface area contributed by atoms with Crippen molar-refractivity contribution in [2.75, 3.05) is 18.5 Å². The van der Waals surface area contributed by atoms with Crippen molar-refractivity contribution in [3.8, 4) is 17.0 Å². The van der Waals surface area contributed by atoms with Crippen LogP contribution in [0.25, 0.3) is 11.3 Å². The lowest BCUT2D eigenvalue weighted by Crippen LogP contribution is -2.25. The Morgan fingerprint density at radius 2 is 2.07 bits per heavy atom. The summed E-state index contributed by atoms with van der Waals surface area (Å²) in [5.74, 6) is 0.557. The van der Waals surface area contributed by atoms with Crippen molar-refractivity contribution in [3.05, 3.63) is 40.5 Å². The third kappa shape index (κ3) is 4.67. The highest BCUT2D eigenvalue weighted by Crippen LogP contribution is 2.33. The van der Waals surface area contributed by atoms with Crippen molar-refractivity contribution in [1.29, 1.82) is 0 Å². The van der Waals surface area contributed by atoms with Crippen LogP contribution in [-0.2, 0) is 4.79 Å². The molecule has 2 heterocycles. The maximum absolute atomic E-state index is 11.7. The minimum atomic E-state index is -0.135. The smallest absolute Gasteiger partial charge is 0.262 e. The third-order valence-electron chi connectivity index (χ3n) is 5.00. The molecule has 0 unspecified atom stereocenters. The summed E-state index contributed by atoms with van der Waals surface area (Å²) < 4.78 is 7.45. The van der Waals surface area contributed by atoms with E-state index in [2.05, 4.69) is 17.3 Å². The van der Waals surface area contributed by atoms with Crippen LogP contribution < -0.4 is 14.9 Å². The Kier molecular flexibility index (Phi) is 5.94. The van der Waals surface area contributed by atoms with E-state index >= 15 is 0 Å². The summed E-state index contributed by atoms with van der Waals surface area (Å²) in [7, 11) is 0. The molecule has 0 bridgehead atoms. The molecular weight excluding hydrogens is 384 g/mol. The first-order chi connectivity index (χ1) is 14.1. The molecule has 1 aromatic heterocycles. The van der Waals surface area contributed by atoms with Crippen LogP contribution >= 0.6 is 11.3 Å². The third-order valence-corrected chi connectivity index (χ3v) is 5.85. The summed E-state index contributed by atoms with van der Waals surface area (Å²) in [6, 6.07) is 5.85. The first kappa shape index (κ1) is 19.6. The molecule has 1 aromatic carbocycles. The van der Waals surface area contributed by atoms with Crippen LogP contribution in [-0.4, -0.2) is 29.4 Å². The van der Waals surface area contributed by atoms with Crippen LogP contribution in [0.3, 0.4) is 0 Å². The van der Waals surface area contributed by atoms with Crippen molar-refractivity contribution >= 4 is 28.6 Å². The molecule has 2 aromatic rings. The summed E-state index contributed by atoms with van der Waals surface area (Å²) in [5.41, 5.74) is 4.88. The Labute approximate surface area is 174 Å². The molecule has 152 valence electrons. The van der Waals surface area contributed by atoms with Crippen LogP contribution in [0.15, 0.2) is 45.8 Å². The summed E-state index contributed by atoms with van der Waals surface area (Å²) >= 11 is 1.57. The van der Waals surface area contributed by atoms with E-state index in [4.69, 9.17) is 14.8 Å². The number of thiazole rings is 1. The summed E-state index contributed by atoms with van der Waals surface area (Å²) in [5, 5.41) is 9.98. The summed E-state index contributed by atoms with van der Waals surface area (Å²) in [6.07, 6.45) is 7.01. The van der Waals surface area contributed by atoms with Gasteiger partial charge in [0.05, 0.1) is 17.9 Å². The van der Waals surface area contributed by atoms with Gasteiger partial charge in [-0.05, 0) is 50.8 Å². The number of benzene rings is 1. The van der Waals surface area contributed by atoms with Gasteiger partial charge in [-0.1, -0.05) is 25.0 Å². The molecule has 1 aliphatic heterocycles. The van der Waals surface area contributed by atoms with Crippen LogP contribution in [0.1, 0.15) is 45.4 Å². The molecule has 4 rings (SSSR count). The number of nitrogens with one attached hydrogen (secondary N) is 1. The quantitative estimate of drug-likeness (QED) is 0.592. The highest BCUT2D eigenvalue weighted by Gasteiger charge is 2.18. The lowest BCUT2D eigenvalue weighted by atomic mass is 10.1. The van der Waals surface area contributed by atoms with Crippen molar-refractivity contribution in [2.24, 2.45) is 10.1 Å².